The van der Waals surface area contributed by atoms with Crippen LogP contribution in [0.2, 0.25) is 0 Å². The van der Waals surface area contributed by atoms with Crippen LogP contribution in [0.15, 0.2) is 35.5 Å². The summed E-state index contributed by atoms with van der Waals surface area (Å²) in [6, 6.07) is 8.10. The number of H-pyrrole nitrogens is 1. The van der Waals surface area contributed by atoms with Crippen LogP contribution in [0.5, 0.6) is 0 Å². The molecular formula is C11H11N5S. The van der Waals surface area contributed by atoms with Crippen molar-refractivity contribution in [3.05, 3.63) is 36.0 Å². The Bertz CT molecular complexity index is 615. The molecule has 1 unspecified atom stereocenters. The van der Waals surface area contributed by atoms with Crippen molar-refractivity contribution in [2.24, 2.45) is 10.7 Å². The lowest BCUT2D eigenvalue weighted by Crippen LogP contribution is -2.49. The Labute approximate surface area is 103 Å². The van der Waals surface area contributed by atoms with Gasteiger partial charge < -0.3 is 21.4 Å². The zero-order chi connectivity index (χ0) is 11.8. The van der Waals surface area contributed by atoms with Crippen LogP contribution in [0.25, 0.3) is 10.9 Å². The molecule has 0 radical (unpaired) electrons. The highest BCUT2D eigenvalue weighted by Crippen LogP contribution is 2.21. The average Bonchev–Trinajstić information content (AvgIpc) is 2.74. The first kappa shape index (κ1) is 10.1. The van der Waals surface area contributed by atoms with E-state index < -0.39 is 0 Å². The van der Waals surface area contributed by atoms with Crippen molar-refractivity contribution in [1.82, 2.24) is 15.6 Å². The topological polar surface area (TPSA) is 78.2 Å². The summed E-state index contributed by atoms with van der Waals surface area (Å²) in [5.41, 5.74) is 7.78. The largest absolute Gasteiger partial charge is 0.370 e. The number of aromatic amines is 1. The molecule has 5 nitrogen and oxygen atoms in total. The van der Waals surface area contributed by atoms with Gasteiger partial charge in [-0.25, -0.2) is 4.99 Å². The van der Waals surface area contributed by atoms with Crippen molar-refractivity contribution < 1.29 is 0 Å². The van der Waals surface area contributed by atoms with E-state index in [1.54, 1.807) is 0 Å². The molecule has 0 spiro atoms. The predicted molar refractivity (Wildman–Crippen MR) is 71.5 cm³/mol. The molecule has 1 aliphatic rings. The van der Waals surface area contributed by atoms with E-state index in [1.165, 1.54) is 0 Å². The zero-order valence-corrected chi connectivity index (χ0v) is 9.71. The number of nitrogens with two attached hydrogens (primary N) is 1. The number of aliphatic imine (C=N–C) groups is 1. The predicted octanol–water partition coefficient (Wildman–Crippen LogP) is 0.959. The summed E-state index contributed by atoms with van der Waals surface area (Å²) < 4.78 is 0. The fraction of sp³-hybridized carbons (Fsp3) is 0.0909. The van der Waals surface area contributed by atoms with Gasteiger partial charge in [0.15, 0.2) is 11.1 Å². The molecule has 86 valence electrons. The minimum absolute atomic E-state index is 0.219. The number of nitrogens with zero attached hydrogens (tertiary/aromatic N) is 1. The molecular weight excluding hydrogens is 234 g/mol. The van der Waals surface area contributed by atoms with Crippen molar-refractivity contribution in [3.8, 4) is 0 Å². The monoisotopic (exact) mass is 245 g/mol. The standard InChI is InChI=1S/C11H11N5S/c12-10-14-9(15-11(17)16-10)7-1-2-8-6(5-7)3-4-13-8/h1-5,9,13H,(H4,12,14,15,16,17). The molecule has 2 aromatic rings. The fourth-order valence-electron chi connectivity index (χ4n) is 1.88. The van der Waals surface area contributed by atoms with E-state index >= 15 is 0 Å². The van der Waals surface area contributed by atoms with Gasteiger partial charge in [0, 0.05) is 11.7 Å². The first-order valence-corrected chi connectivity index (χ1v) is 5.61. The van der Waals surface area contributed by atoms with Crippen LogP contribution in [0.3, 0.4) is 0 Å². The van der Waals surface area contributed by atoms with Crippen molar-refractivity contribution in [2.75, 3.05) is 0 Å². The lowest BCUT2D eigenvalue weighted by Gasteiger charge is -2.23. The van der Waals surface area contributed by atoms with Gasteiger partial charge in [-0.15, -0.1) is 0 Å². The molecule has 3 rings (SSSR count). The molecule has 17 heavy (non-hydrogen) atoms. The minimum atomic E-state index is -0.219. The number of benzene rings is 1. The smallest absolute Gasteiger partial charge is 0.197 e. The van der Waals surface area contributed by atoms with E-state index in [1.807, 2.05) is 24.4 Å². The van der Waals surface area contributed by atoms with E-state index in [4.69, 9.17) is 18.0 Å². The number of hydrogen-bond donors (Lipinski definition) is 4. The summed E-state index contributed by atoms with van der Waals surface area (Å²) in [4.78, 5) is 7.42. The highest BCUT2D eigenvalue weighted by molar-refractivity contribution is 7.80. The van der Waals surface area contributed by atoms with Gasteiger partial charge in [-0.1, -0.05) is 6.07 Å². The van der Waals surface area contributed by atoms with Crippen LogP contribution in [-0.4, -0.2) is 16.1 Å². The number of rotatable bonds is 1. The van der Waals surface area contributed by atoms with E-state index in [9.17, 15) is 0 Å². The van der Waals surface area contributed by atoms with Crippen LogP contribution in [0.4, 0.5) is 0 Å². The van der Waals surface area contributed by atoms with Crippen LogP contribution >= 0.6 is 12.2 Å². The Morgan fingerprint density at radius 2 is 2.18 bits per heavy atom. The second kappa shape index (κ2) is 3.74. The van der Waals surface area contributed by atoms with Crippen LogP contribution in [0, 0.1) is 0 Å². The normalized spacial score (nSPS) is 19.6. The molecule has 1 aromatic carbocycles. The molecule has 1 aliphatic heterocycles. The maximum Gasteiger partial charge on any atom is 0.197 e. The molecule has 0 bridgehead atoms. The number of aromatic nitrogens is 1. The summed E-state index contributed by atoms with van der Waals surface area (Å²) in [6.07, 6.45) is 1.69. The van der Waals surface area contributed by atoms with Crippen molar-refractivity contribution in [3.63, 3.8) is 0 Å². The number of hydrogen-bond acceptors (Lipinski definition) is 3. The summed E-state index contributed by atoms with van der Waals surface area (Å²) in [7, 11) is 0. The Morgan fingerprint density at radius 1 is 1.29 bits per heavy atom. The van der Waals surface area contributed by atoms with E-state index in [0.717, 1.165) is 16.5 Å². The van der Waals surface area contributed by atoms with Gasteiger partial charge in [-0.05, 0) is 41.4 Å². The SMILES string of the molecule is NC1=NC(c2ccc3[nH]ccc3c2)NC(=S)N1. The summed E-state index contributed by atoms with van der Waals surface area (Å²) >= 11 is 5.05. The molecule has 1 aromatic heterocycles. The van der Waals surface area contributed by atoms with Gasteiger partial charge in [0.25, 0.3) is 0 Å². The first-order valence-electron chi connectivity index (χ1n) is 5.20. The molecule has 0 aliphatic carbocycles. The summed E-state index contributed by atoms with van der Waals surface area (Å²) in [6.45, 7) is 0. The third-order valence-electron chi connectivity index (χ3n) is 2.67. The number of guanidine groups is 1. The lowest BCUT2D eigenvalue weighted by atomic mass is 10.1. The molecule has 0 saturated carbocycles. The molecule has 0 fully saturated rings. The van der Waals surface area contributed by atoms with Gasteiger partial charge in [-0.3, -0.25) is 0 Å². The highest BCUT2D eigenvalue weighted by atomic mass is 32.1. The summed E-state index contributed by atoms with van der Waals surface area (Å²) in [5, 5.41) is 7.45. The Balaban J connectivity index is 2.02. The first-order chi connectivity index (χ1) is 8.22. The maximum atomic E-state index is 5.65. The van der Waals surface area contributed by atoms with Crippen molar-refractivity contribution in [2.45, 2.75) is 6.17 Å². The quantitative estimate of drug-likeness (QED) is 0.564. The fourth-order valence-corrected chi connectivity index (χ4v) is 2.10. The Kier molecular flexibility index (Phi) is 2.22. The third-order valence-corrected chi connectivity index (χ3v) is 2.89. The Morgan fingerprint density at radius 3 is 3.00 bits per heavy atom. The van der Waals surface area contributed by atoms with Crippen molar-refractivity contribution in [1.29, 1.82) is 0 Å². The molecule has 1 atom stereocenters. The molecule has 5 N–H and O–H groups in total. The third kappa shape index (κ3) is 1.83. The van der Waals surface area contributed by atoms with Gasteiger partial charge in [-0.2, -0.15) is 0 Å². The number of fused-ring (bicyclic) bond motifs is 1. The number of thiocarbonyl (C=S) groups is 1. The molecule has 2 heterocycles. The van der Waals surface area contributed by atoms with Gasteiger partial charge in [0.1, 0.15) is 6.17 Å². The maximum absolute atomic E-state index is 5.65. The molecule has 0 saturated heterocycles. The molecule has 6 heteroatoms. The zero-order valence-electron chi connectivity index (χ0n) is 8.90. The lowest BCUT2D eigenvalue weighted by molar-refractivity contribution is 0.661. The Hall–Kier alpha value is -2.08. The highest BCUT2D eigenvalue weighted by Gasteiger charge is 2.17. The average molecular weight is 245 g/mol. The van der Waals surface area contributed by atoms with E-state index in [-0.39, 0.29) is 6.17 Å². The van der Waals surface area contributed by atoms with Crippen LogP contribution < -0.4 is 16.4 Å². The van der Waals surface area contributed by atoms with Gasteiger partial charge >= 0.3 is 0 Å². The molecule has 0 amide bonds. The second-order valence-electron chi connectivity index (χ2n) is 3.84. The summed E-state index contributed by atoms with van der Waals surface area (Å²) in [5.74, 6) is 0.341. The van der Waals surface area contributed by atoms with E-state index in [2.05, 4.69) is 26.7 Å². The van der Waals surface area contributed by atoms with Gasteiger partial charge in [0.2, 0.25) is 0 Å². The van der Waals surface area contributed by atoms with Crippen LogP contribution in [-0.2, 0) is 0 Å². The minimum Gasteiger partial charge on any atom is -0.370 e. The van der Waals surface area contributed by atoms with Gasteiger partial charge in [0.05, 0.1) is 0 Å². The second-order valence-corrected chi connectivity index (χ2v) is 4.25. The van der Waals surface area contributed by atoms with Crippen LogP contribution in [0.1, 0.15) is 11.7 Å². The van der Waals surface area contributed by atoms with E-state index in [0.29, 0.717) is 11.1 Å². The van der Waals surface area contributed by atoms with Crippen molar-refractivity contribution >= 4 is 34.2 Å². The number of nitrogens with one attached hydrogen (secondary N) is 3.